The molecule has 4 rings (SSSR count). The molecule has 2 unspecified atom stereocenters. The fourth-order valence-electron chi connectivity index (χ4n) is 3.97. The molecular formula is C21H24N2O2. The molecule has 2 aromatic carbocycles. The lowest BCUT2D eigenvalue weighted by molar-refractivity contribution is 0.0473. The van der Waals surface area contributed by atoms with Gasteiger partial charge in [0.1, 0.15) is 6.61 Å². The summed E-state index contributed by atoms with van der Waals surface area (Å²) >= 11 is 0. The average molecular weight is 336 g/mol. The van der Waals surface area contributed by atoms with Gasteiger partial charge in [0, 0.05) is 19.1 Å². The van der Waals surface area contributed by atoms with E-state index in [-0.39, 0.29) is 5.97 Å². The van der Waals surface area contributed by atoms with Crippen LogP contribution in [0.1, 0.15) is 28.8 Å². The van der Waals surface area contributed by atoms with Crippen molar-refractivity contribution in [3.05, 3.63) is 65.7 Å². The maximum absolute atomic E-state index is 12.6. The molecule has 2 aliphatic rings. The average Bonchev–Trinajstić information content (AvgIpc) is 3.15. The molecule has 2 aromatic rings. The number of anilines is 1. The van der Waals surface area contributed by atoms with Gasteiger partial charge in [0.25, 0.3) is 0 Å². The summed E-state index contributed by atoms with van der Waals surface area (Å²) in [6, 6.07) is 18.2. The Morgan fingerprint density at radius 2 is 1.88 bits per heavy atom. The van der Waals surface area contributed by atoms with E-state index in [0.717, 1.165) is 36.8 Å². The molecule has 4 nitrogen and oxygen atoms in total. The molecule has 0 radical (unpaired) electrons. The quantitative estimate of drug-likeness (QED) is 0.871. The maximum Gasteiger partial charge on any atom is 0.340 e. The normalized spacial score (nSPS) is 22.5. The number of nitrogens with one attached hydrogen (secondary N) is 1. The van der Waals surface area contributed by atoms with Crippen molar-refractivity contribution in [3.63, 3.8) is 0 Å². The van der Waals surface area contributed by atoms with E-state index in [1.165, 1.54) is 12.8 Å². The van der Waals surface area contributed by atoms with Gasteiger partial charge < -0.3 is 15.0 Å². The van der Waals surface area contributed by atoms with Crippen molar-refractivity contribution in [2.24, 2.45) is 5.92 Å². The van der Waals surface area contributed by atoms with Gasteiger partial charge in [-0.3, -0.25) is 0 Å². The van der Waals surface area contributed by atoms with Crippen LogP contribution < -0.4 is 10.2 Å². The van der Waals surface area contributed by atoms with Crippen molar-refractivity contribution < 1.29 is 9.53 Å². The summed E-state index contributed by atoms with van der Waals surface area (Å²) in [4.78, 5) is 15.0. The Morgan fingerprint density at radius 1 is 1.08 bits per heavy atom. The van der Waals surface area contributed by atoms with Crippen molar-refractivity contribution in [2.45, 2.75) is 25.5 Å². The Bertz CT molecular complexity index is 732. The number of benzene rings is 2. The van der Waals surface area contributed by atoms with Crippen LogP contribution in [-0.2, 0) is 11.3 Å². The third kappa shape index (κ3) is 3.54. The monoisotopic (exact) mass is 336 g/mol. The zero-order chi connectivity index (χ0) is 17.1. The van der Waals surface area contributed by atoms with Crippen LogP contribution in [0.5, 0.6) is 0 Å². The Kier molecular flexibility index (Phi) is 4.70. The molecule has 130 valence electrons. The highest BCUT2D eigenvalue weighted by Crippen LogP contribution is 2.30. The van der Waals surface area contributed by atoms with Crippen LogP contribution in [0.15, 0.2) is 54.6 Å². The van der Waals surface area contributed by atoms with E-state index >= 15 is 0 Å². The molecule has 25 heavy (non-hydrogen) atoms. The molecule has 0 saturated carbocycles. The fourth-order valence-corrected chi connectivity index (χ4v) is 3.97. The number of ether oxygens (including phenoxy) is 1. The lowest BCUT2D eigenvalue weighted by atomic mass is 9.92. The molecule has 0 spiro atoms. The van der Waals surface area contributed by atoms with Crippen LogP contribution in [0.2, 0.25) is 0 Å². The zero-order valence-electron chi connectivity index (χ0n) is 14.4. The molecule has 2 atom stereocenters. The van der Waals surface area contributed by atoms with Crippen LogP contribution in [0, 0.1) is 5.92 Å². The molecule has 4 heteroatoms. The smallest absolute Gasteiger partial charge is 0.340 e. The van der Waals surface area contributed by atoms with E-state index in [1.54, 1.807) is 0 Å². The predicted molar refractivity (Wildman–Crippen MR) is 98.7 cm³/mol. The minimum Gasteiger partial charge on any atom is -0.457 e. The second kappa shape index (κ2) is 7.28. The number of nitrogens with zero attached hydrogens (tertiary/aromatic N) is 1. The topological polar surface area (TPSA) is 41.6 Å². The van der Waals surface area contributed by atoms with E-state index in [1.807, 2.05) is 54.6 Å². The first-order valence-electron chi connectivity index (χ1n) is 9.09. The molecule has 0 aromatic heterocycles. The summed E-state index contributed by atoms with van der Waals surface area (Å²) in [6.45, 7) is 3.39. The Labute approximate surface area is 148 Å². The first-order valence-corrected chi connectivity index (χ1v) is 9.09. The first-order chi connectivity index (χ1) is 12.3. The van der Waals surface area contributed by atoms with Crippen molar-refractivity contribution in [1.29, 1.82) is 0 Å². The minimum atomic E-state index is -0.249. The molecule has 0 amide bonds. The van der Waals surface area contributed by atoms with E-state index in [9.17, 15) is 4.79 Å². The largest absolute Gasteiger partial charge is 0.457 e. The van der Waals surface area contributed by atoms with Gasteiger partial charge in [0.05, 0.1) is 11.3 Å². The van der Waals surface area contributed by atoms with E-state index < -0.39 is 0 Å². The summed E-state index contributed by atoms with van der Waals surface area (Å²) < 4.78 is 5.55. The van der Waals surface area contributed by atoms with Crippen LogP contribution >= 0.6 is 0 Å². The second-order valence-corrected chi connectivity index (χ2v) is 6.92. The number of fused-ring (bicyclic) bond motifs is 1. The lowest BCUT2D eigenvalue weighted by Gasteiger charge is -2.37. The minimum absolute atomic E-state index is 0.249. The molecular weight excluding hydrogens is 312 g/mol. The third-order valence-corrected chi connectivity index (χ3v) is 5.35. The highest BCUT2D eigenvalue weighted by atomic mass is 16.5. The molecule has 2 saturated heterocycles. The number of piperidine rings is 1. The molecule has 2 aliphatic heterocycles. The molecule has 2 fully saturated rings. The van der Waals surface area contributed by atoms with Gasteiger partial charge in [-0.15, -0.1) is 0 Å². The van der Waals surface area contributed by atoms with Gasteiger partial charge in [-0.05, 0) is 43.0 Å². The van der Waals surface area contributed by atoms with Crippen molar-refractivity contribution in [2.75, 3.05) is 24.5 Å². The number of carbonyl (C=O) groups is 1. The highest BCUT2D eigenvalue weighted by molar-refractivity contribution is 5.95. The summed E-state index contributed by atoms with van der Waals surface area (Å²) in [6.07, 6.45) is 2.46. The lowest BCUT2D eigenvalue weighted by Crippen LogP contribution is -2.46. The third-order valence-electron chi connectivity index (χ3n) is 5.35. The van der Waals surface area contributed by atoms with Gasteiger partial charge >= 0.3 is 5.97 Å². The van der Waals surface area contributed by atoms with Crippen LogP contribution in [0.4, 0.5) is 5.69 Å². The van der Waals surface area contributed by atoms with Crippen molar-refractivity contribution in [1.82, 2.24) is 5.32 Å². The summed E-state index contributed by atoms with van der Waals surface area (Å²) in [5, 5.41) is 3.60. The van der Waals surface area contributed by atoms with Crippen molar-refractivity contribution >= 4 is 11.7 Å². The maximum atomic E-state index is 12.6. The molecule has 0 aliphatic carbocycles. The highest BCUT2D eigenvalue weighted by Gasteiger charge is 2.33. The summed E-state index contributed by atoms with van der Waals surface area (Å²) in [7, 11) is 0. The van der Waals surface area contributed by atoms with Gasteiger partial charge in [-0.2, -0.15) is 0 Å². The van der Waals surface area contributed by atoms with Crippen LogP contribution in [-0.4, -0.2) is 31.6 Å². The van der Waals surface area contributed by atoms with Gasteiger partial charge in [0.15, 0.2) is 0 Å². The van der Waals surface area contributed by atoms with Crippen LogP contribution in [0.3, 0.4) is 0 Å². The van der Waals surface area contributed by atoms with Gasteiger partial charge in [-0.1, -0.05) is 42.5 Å². The second-order valence-electron chi connectivity index (χ2n) is 6.92. The van der Waals surface area contributed by atoms with E-state index in [0.29, 0.717) is 18.2 Å². The zero-order valence-corrected chi connectivity index (χ0v) is 14.4. The summed E-state index contributed by atoms with van der Waals surface area (Å²) in [5.41, 5.74) is 2.66. The van der Waals surface area contributed by atoms with E-state index in [2.05, 4.69) is 10.2 Å². The molecule has 2 heterocycles. The number of esters is 1. The Morgan fingerprint density at radius 3 is 2.76 bits per heavy atom. The van der Waals surface area contributed by atoms with Gasteiger partial charge in [0.2, 0.25) is 0 Å². The van der Waals surface area contributed by atoms with Crippen molar-refractivity contribution in [3.8, 4) is 0 Å². The SMILES string of the molecule is O=C(OCc1ccccc1)c1ccccc1N1CCC2CCNC2C1. The number of carbonyl (C=O) groups excluding carboxylic acids is 1. The number of rotatable bonds is 4. The fraction of sp³-hybridized carbons (Fsp3) is 0.381. The summed E-state index contributed by atoms with van der Waals surface area (Å²) in [5.74, 6) is 0.536. The first kappa shape index (κ1) is 16.2. The molecule has 1 N–H and O–H groups in total. The number of hydrogen-bond donors (Lipinski definition) is 1. The Balaban J connectivity index is 1.47. The Hall–Kier alpha value is -2.33. The van der Waals surface area contributed by atoms with Gasteiger partial charge in [-0.25, -0.2) is 4.79 Å². The predicted octanol–water partition coefficient (Wildman–Crippen LogP) is 3.23. The standard InChI is InChI=1S/C21H24N2O2/c24-21(25-15-16-6-2-1-3-7-16)18-8-4-5-9-20(18)23-13-11-17-10-12-22-19(17)14-23/h1-9,17,19,22H,10-15H2. The number of para-hydroxylation sites is 1. The molecule has 0 bridgehead atoms. The van der Waals surface area contributed by atoms with Crippen LogP contribution in [0.25, 0.3) is 0 Å². The number of hydrogen-bond acceptors (Lipinski definition) is 4. The van der Waals surface area contributed by atoms with E-state index in [4.69, 9.17) is 4.74 Å².